The van der Waals surface area contributed by atoms with Crippen LogP contribution in [0.15, 0.2) is 24.3 Å². The molecule has 2 aromatic rings. The van der Waals surface area contributed by atoms with Crippen LogP contribution in [0.1, 0.15) is 21.6 Å². The van der Waals surface area contributed by atoms with Gasteiger partial charge in [0.2, 0.25) is 0 Å². The van der Waals surface area contributed by atoms with E-state index in [2.05, 4.69) is 10.4 Å². The quantitative estimate of drug-likeness (QED) is 0.939. The molecule has 0 atom stereocenters. The van der Waals surface area contributed by atoms with E-state index in [0.29, 0.717) is 16.8 Å². The van der Waals surface area contributed by atoms with Crippen LogP contribution in [0.4, 0.5) is 4.39 Å². The number of hydrogen-bond donors (Lipinski definition) is 1. The van der Waals surface area contributed by atoms with Gasteiger partial charge in [0.15, 0.2) is 0 Å². The summed E-state index contributed by atoms with van der Waals surface area (Å²) in [4.78, 5) is 12.0. The maximum absolute atomic E-state index is 13.4. The molecule has 0 saturated heterocycles. The monoisotopic (exact) mass is 281 g/mol. The minimum Gasteiger partial charge on any atom is -0.348 e. The maximum Gasteiger partial charge on any atom is 0.256 e. The van der Waals surface area contributed by atoms with Crippen LogP contribution in [0.5, 0.6) is 0 Å². The first kappa shape index (κ1) is 13.5. The number of nitrogens with zero attached hydrogens (tertiary/aromatic N) is 2. The summed E-state index contributed by atoms with van der Waals surface area (Å²) in [6.07, 6.45) is 0. The Bertz CT molecular complexity index is 624. The van der Waals surface area contributed by atoms with Crippen molar-refractivity contribution < 1.29 is 9.18 Å². The van der Waals surface area contributed by atoms with Gasteiger partial charge in [-0.15, -0.1) is 0 Å². The number of nitrogens with one attached hydrogen (secondary N) is 1. The van der Waals surface area contributed by atoms with Crippen molar-refractivity contribution in [1.82, 2.24) is 15.1 Å². The van der Waals surface area contributed by atoms with Gasteiger partial charge in [-0.05, 0) is 13.0 Å². The van der Waals surface area contributed by atoms with E-state index in [-0.39, 0.29) is 23.4 Å². The molecule has 6 heteroatoms. The largest absolute Gasteiger partial charge is 0.348 e. The van der Waals surface area contributed by atoms with E-state index in [4.69, 9.17) is 11.6 Å². The second kappa shape index (κ2) is 5.40. The third kappa shape index (κ3) is 2.76. The highest BCUT2D eigenvalue weighted by Crippen LogP contribution is 2.18. The Morgan fingerprint density at radius 3 is 2.74 bits per heavy atom. The Morgan fingerprint density at radius 1 is 1.47 bits per heavy atom. The van der Waals surface area contributed by atoms with Gasteiger partial charge in [0.1, 0.15) is 11.0 Å². The molecule has 0 fully saturated rings. The molecule has 1 N–H and O–H groups in total. The molecule has 1 heterocycles. The van der Waals surface area contributed by atoms with Gasteiger partial charge in [-0.25, -0.2) is 4.39 Å². The number of aryl methyl sites for hydroxylation is 2. The zero-order chi connectivity index (χ0) is 14.0. The molecule has 0 spiro atoms. The fourth-order valence-electron chi connectivity index (χ4n) is 1.79. The molecule has 1 aromatic carbocycles. The average Bonchev–Trinajstić information content (AvgIpc) is 2.62. The van der Waals surface area contributed by atoms with Gasteiger partial charge in [-0.1, -0.05) is 29.8 Å². The second-order valence-corrected chi connectivity index (χ2v) is 4.51. The zero-order valence-corrected chi connectivity index (χ0v) is 11.3. The Hall–Kier alpha value is -1.88. The van der Waals surface area contributed by atoms with Crippen molar-refractivity contribution in [3.05, 3.63) is 52.1 Å². The molecule has 100 valence electrons. The summed E-state index contributed by atoms with van der Waals surface area (Å²) in [5.74, 6) is -0.712. The first-order valence-corrected chi connectivity index (χ1v) is 6.09. The van der Waals surface area contributed by atoms with E-state index in [1.807, 2.05) is 0 Å². The van der Waals surface area contributed by atoms with Crippen LogP contribution in [0.3, 0.4) is 0 Å². The molecular weight excluding hydrogens is 269 g/mol. The summed E-state index contributed by atoms with van der Waals surface area (Å²) >= 11 is 5.99. The third-order valence-electron chi connectivity index (χ3n) is 2.78. The Balaban J connectivity index is 2.12. The van der Waals surface area contributed by atoms with Gasteiger partial charge in [0.25, 0.3) is 5.91 Å². The van der Waals surface area contributed by atoms with Crippen molar-refractivity contribution in [1.29, 1.82) is 0 Å². The van der Waals surface area contributed by atoms with Crippen LogP contribution in [0.2, 0.25) is 5.15 Å². The van der Waals surface area contributed by atoms with Gasteiger partial charge in [-0.2, -0.15) is 5.10 Å². The van der Waals surface area contributed by atoms with Crippen LogP contribution < -0.4 is 5.32 Å². The lowest BCUT2D eigenvalue weighted by Crippen LogP contribution is -2.24. The summed E-state index contributed by atoms with van der Waals surface area (Å²) in [5, 5.41) is 6.96. The molecule has 0 saturated carbocycles. The van der Waals surface area contributed by atoms with Gasteiger partial charge >= 0.3 is 0 Å². The second-order valence-electron chi connectivity index (χ2n) is 4.15. The molecule has 0 bridgehead atoms. The summed E-state index contributed by atoms with van der Waals surface area (Å²) < 4.78 is 14.8. The Labute approximate surface area is 115 Å². The number of amides is 1. The topological polar surface area (TPSA) is 46.9 Å². The number of carbonyl (C=O) groups excluding carboxylic acids is 1. The molecule has 1 aromatic heterocycles. The molecule has 1 amide bonds. The molecule has 0 radical (unpaired) electrons. The fraction of sp³-hybridized carbons (Fsp3) is 0.231. The van der Waals surface area contributed by atoms with Crippen molar-refractivity contribution in [2.75, 3.05) is 0 Å². The molecule has 4 nitrogen and oxygen atoms in total. The fourth-order valence-corrected chi connectivity index (χ4v) is 2.05. The maximum atomic E-state index is 13.4. The predicted octanol–water partition coefficient (Wildman–Crippen LogP) is 2.45. The van der Waals surface area contributed by atoms with Crippen LogP contribution >= 0.6 is 11.6 Å². The van der Waals surface area contributed by atoms with Crippen LogP contribution in [0, 0.1) is 12.7 Å². The highest BCUT2D eigenvalue weighted by Gasteiger charge is 2.18. The van der Waals surface area contributed by atoms with E-state index >= 15 is 0 Å². The first-order chi connectivity index (χ1) is 9.00. The average molecular weight is 282 g/mol. The SMILES string of the molecule is Cc1nn(C)c(Cl)c1C(=O)NCc1ccccc1F. The van der Waals surface area contributed by atoms with Crippen molar-refractivity contribution in [2.24, 2.45) is 7.05 Å². The lowest BCUT2D eigenvalue weighted by atomic mass is 10.2. The molecule has 0 aliphatic carbocycles. The van der Waals surface area contributed by atoms with Gasteiger partial charge in [0.05, 0.1) is 11.3 Å². The van der Waals surface area contributed by atoms with Crippen molar-refractivity contribution in [2.45, 2.75) is 13.5 Å². The number of hydrogen-bond acceptors (Lipinski definition) is 2. The van der Waals surface area contributed by atoms with Gasteiger partial charge in [-0.3, -0.25) is 9.48 Å². The number of benzene rings is 1. The molecule has 19 heavy (non-hydrogen) atoms. The van der Waals surface area contributed by atoms with Crippen LogP contribution in [0.25, 0.3) is 0 Å². The van der Waals surface area contributed by atoms with E-state index in [0.717, 1.165) is 0 Å². The number of carbonyl (C=O) groups is 1. The molecule has 2 rings (SSSR count). The van der Waals surface area contributed by atoms with E-state index in [1.54, 1.807) is 32.2 Å². The number of rotatable bonds is 3. The third-order valence-corrected chi connectivity index (χ3v) is 3.21. The smallest absolute Gasteiger partial charge is 0.256 e. The van der Waals surface area contributed by atoms with Crippen molar-refractivity contribution in [3.63, 3.8) is 0 Å². The van der Waals surface area contributed by atoms with E-state index in [1.165, 1.54) is 10.7 Å². The summed E-state index contributed by atoms with van der Waals surface area (Å²) in [6, 6.07) is 6.28. The highest BCUT2D eigenvalue weighted by molar-refractivity contribution is 6.33. The van der Waals surface area contributed by atoms with Crippen molar-refractivity contribution >= 4 is 17.5 Å². The van der Waals surface area contributed by atoms with E-state index < -0.39 is 0 Å². The summed E-state index contributed by atoms with van der Waals surface area (Å²) in [6.45, 7) is 1.81. The predicted molar refractivity (Wildman–Crippen MR) is 70.5 cm³/mol. The molecule has 0 aliphatic rings. The van der Waals surface area contributed by atoms with Crippen molar-refractivity contribution in [3.8, 4) is 0 Å². The Morgan fingerprint density at radius 2 is 2.16 bits per heavy atom. The first-order valence-electron chi connectivity index (χ1n) is 5.71. The summed E-state index contributed by atoms with van der Waals surface area (Å²) in [7, 11) is 1.66. The highest BCUT2D eigenvalue weighted by atomic mass is 35.5. The van der Waals surface area contributed by atoms with E-state index in [9.17, 15) is 9.18 Å². The van der Waals surface area contributed by atoms with Crippen LogP contribution in [-0.4, -0.2) is 15.7 Å². The summed E-state index contributed by atoms with van der Waals surface area (Å²) in [5.41, 5.74) is 1.28. The number of halogens is 2. The normalized spacial score (nSPS) is 10.5. The van der Waals surface area contributed by atoms with Crippen LogP contribution in [-0.2, 0) is 13.6 Å². The number of aromatic nitrogens is 2. The zero-order valence-electron chi connectivity index (χ0n) is 10.6. The standard InChI is InChI=1S/C13H13ClFN3O/c1-8-11(12(14)18(2)17-8)13(19)16-7-9-5-3-4-6-10(9)15/h3-6H,7H2,1-2H3,(H,16,19). The Kier molecular flexibility index (Phi) is 3.85. The molecular formula is C13H13ClFN3O. The minimum absolute atomic E-state index is 0.107. The van der Waals surface area contributed by atoms with Gasteiger partial charge < -0.3 is 5.32 Å². The molecule has 0 unspecified atom stereocenters. The minimum atomic E-state index is -0.362. The lowest BCUT2D eigenvalue weighted by molar-refractivity contribution is 0.0950. The van der Waals surface area contributed by atoms with Gasteiger partial charge in [0, 0.05) is 19.2 Å². The molecule has 0 aliphatic heterocycles. The lowest BCUT2D eigenvalue weighted by Gasteiger charge is -2.06.